The summed E-state index contributed by atoms with van der Waals surface area (Å²) in [6.07, 6.45) is 2.56. The van der Waals surface area contributed by atoms with Crippen LogP contribution in [0.25, 0.3) is 0 Å². The lowest BCUT2D eigenvalue weighted by molar-refractivity contribution is -0.144. The summed E-state index contributed by atoms with van der Waals surface area (Å²) < 4.78 is 37.3. The number of hydrogen-bond acceptors (Lipinski definition) is 5. The van der Waals surface area contributed by atoms with E-state index < -0.39 is 10.0 Å². The van der Waals surface area contributed by atoms with E-state index in [0.717, 1.165) is 29.7 Å². The molecule has 1 fully saturated rings. The molecule has 0 unspecified atom stereocenters. The van der Waals surface area contributed by atoms with Gasteiger partial charge in [0.25, 0.3) is 0 Å². The molecule has 29 heavy (non-hydrogen) atoms. The highest BCUT2D eigenvalue weighted by Gasteiger charge is 2.26. The third kappa shape index (κ3) is 6.05. The molecule has 156 valence electrons. The van der Waals surface area contributed by atoms with Gasteiger partial charge in [-0.15, -0.1) is 0 Å². The molecule has 0 atom stereocenters. The van der Waals surface area contributed by atoms with E-state index in [1.165, 1.54) is 4.31 Å². The second-order valence-corrected chi connectivity index (χ2v) is 9.08. The Balaban J connectivity index is 1.39. The van der Waals surface area contributed by atoms with Gasteiger partial charge in [0.1, 0.15) is 19.0 Å². The van der Waals surface area contributed by atoms with Crippen molar-refractivity contribution < 1.29 is 22.7 Å². The van der Waals surface area contributed by atoms with Crippen molar-refractivity contribution in [1.29, 1.82) is 0 Å². The van der Waals surface area contributed by atoms with Gasteiger partial charge in [0.05, 0.1) is 4.90 Å². The zero-order valence-electron chi connectivity index (χ0n) is 16.7. The molecule has 0 N–H and O–H groups in total. The molecular formula is C22H27NO5S. The van der Waals surface area contributed by atoms with Crippen LogP contribution in [0, 0.1) is 6.92 Å². The molecular weight excluding hydrogens is 390 g/mol. The topological polar surface area (TPSA) is 72.9 Å². The maximum absolute atomic E-state index is 12.5. The van der Waals surface area contributed by atoms with Crippen molar-refractivity contribution >= 4 is 16.0 Å². The Hall–Kier alpha value is -2.38. The fourth-order valence-corrected chi connectivity index (χ4v) is 4.69. The predicted octanol–water partition coefficient (Wildman–Crippen LogP) is 3.33. The molecule has 1 saturated heterocycles. The first kappa shape index (κ1) is 21.3. The Morgan fingerprint density at radius 2 is 1.62 bits per heavy atom. The molecule has 7 heteroatoms. The average molecular weight is 418 g/mol. The molecule has 0 radical (unpaired) electrons. The van der Waals surface area contributed by atoms with Crippen molar-refractivity contribution in [2.45, 2.75) is 37.5 Å². The molecule has 1 aliphatic rings. The number of ether oxygens (including phenoxy) is 2. The van der Waals surface area contributed by atoms with Gasteiger partial charge in [0.2, 0.25) is 10.0 Å². The zero-order chi connectivity index (χ0) is 20.7. The first-order chi connectivity index (χ1) is 13.9. The average Bonchev–Trinajstić information content (AvgIpc) is 3.27. The molecule has 3 rings (SSSR count). The number of hydrogen-bond donors (Lipinski definition) is 0. The van der Waals surface area contributed by atoms with Crippen LogP contribution >= 0.6 is 0 Å². The summed E-state index contributed by atoms with van der Waals surface area (Å²) in [6.45, 7) is 3.68. The van der Waals surface area contributed by atoms with Crippen LogP contribution in [0.2, 0.25) is 0 Å². The first-order valence-electron chi connectivity index (χ1n) is 9.89. The normalized spacial score (nSPS) is 14.7. The molecule has 1 aliphatic heterocycles. The van der Waals surface area contributed by atoms with Crippen molar-refractivity contribution in [3.8, 4) is 5.75 Å². The lowest BCUT2D eigenvalue weighted by Gasteiger charge is -2.15. The molecule has 0 aliphatic carbocycles. The van der Waals surface area contributed by atoms with E-state index in [2.05, 4.69) is 0 Å². The number of sulfonamides is 1. The molecule has 0 bridgehead atoms. The van der Waals surface area contributed by atoms with Crippen LogP contribution in [0.15, 0.2) is 53.4 Å². The van der Waals surface area contributed by atoms with Gasteiger partial charge >= 0.3 is 5.97 Å². The van der Waals surface area contributed by atoms with Crippen molar-refractivity contribution in [1.82, 2.24) is 4.31 Å². The fourth-order valence-electron chi connectivity index (χ4n) is 3.17. The second kappa shape index (κ2) is 9.89. The van der Waals surface area contributed by atoms with Gasteiger partial charge in [-0.2, -0.15) is 4.31 Å². The van der Waals surface area contributed by atoms with Crippen molar-refractivity contribution in [2.24, 2.45) is 0 Å². The van der Waals surface area contributed by atoms with Crippen LogP contribution in [-0.4, -0.2) is 45.0 Å². The summed E-state index contributed by atoms with van der Waals surface area (Å²) in [4.78, 5) is 12.2. The Kier molecular flexibility index (Phi) is 7.28. The highest BCUT2D eigenvalue weighted by molar-refractivity contribution is 7.89. The lowest BCUT2D eigenvalue weighted by atomic mass is 10.1. The largest absolute Gasteiger partial charge is 0.490 e. The van der Waals surface area contributed by atoms with E-state index >= 15 is 0 Å². The standard InChI is InChI=1S/C22H27NO5S/c1-18-4-9-20(10-5-18)27-16-17-28-22(24)13-8-19-6-11-21(12-7-19)29(25,26)23-14-2-3-15-23/h4-7,9-12H,2-3,8,13-17H2,1H3. The van der Waals surface area contributed by atoms with Gasteiger partial charge in [-0.05, 0) is 56.0 Å². The van der Waals surface area contributed by atoms with Crippen molar-refractivity contribution in [2.75, 3.05) is 26.3 Å². The third-order valence-electron chi connectivity index (χ3n) is 4.88. The van der Waals surface area contributed by atoms with Crippen LogP contribution in [0.3, 0.4) is 0 Å². The molecule has 0 aromatic heterocycles. The Morgan fingerprint density at radius 3 is 2.28 bits per heavy atom. The summed E-state index contributed by atoms with van der Waals surface area (Å²) in [5, 5.41) is 0. The molecule has 6 nitrogen and oxygen atoms in total. The molecule has 2 aromatic carbocycles. The maximum Gasteiger partial charge on any atom is 0.306 e. The predicted molar refractivity (Wildman–Crippen MR) is 110 cm³/mol. The minimum absolute atomic E-state index is 0.194. The number of benzene rings is 2. The van der Waals surface area contributed by atoms with Crippen molar-refractivity contribution in [3.63, 3.8) is 0 Å². The van der Waals surface area contributed by atoms with Crippen LogP contribution < -0.4 is 4.74 Å². The smallest absolute Gasteiger partial charge is 0.306 e. The van der Waals surface area contributed by atoms with E-state index in [9.17, 15) is 13.2 Å². The van der Waals surface area contributed by atoms with E-state index in [-0.39, 0.29) is 19.0 Å². The summed E-state index contributed by atoms with van der Waals surface area (Å²) in [5.74, 6) is 0.446. The number of rotatable bonds is 9. The number of esters is 1. The summed E-state index contributed by atoms with van der Waals surface area (Å²) in [5.41, 5.74) is 2.06. The molecule has 1 heterocycles. The monoisotopic (exact) mass is 417 g/mol. The SMILES string of the molecule is Cc1ccc(OCCOC(=O)CCc2ccc(S(=O)(=O)N3CCCC3)cc2)cc1. The van der Waals surface area contributed by atoms with Gasteiger partial charge < -0.3 is 9.47 Å². The third-order valence-corrected chi connectivity index (χ3v) is 6.79. The van der Waals surface area contributed by atoms with Crippen LogP contribution in [0.5, 0.6) is 5.75 Å². The number of carbonyl (C=O) groups excluding carboxylic acids is 1. The van der Waals surface area contributed by atoms with Gasteiger partial charge in [0, 0.05) is 19.5 Å². The summed E-state index contributed by atoms with van der Waals surface area (Å²) in [6, 6.07) is 14.4. The minimum atomic E-state index is -3.40. The molecule has 0 amide bonds. The van der Waals surface area contributed by atoms with E-state index in [1.807, 2.05) is 31.2 Å². The second-order valence-electron chi connectivity index (χ2n) is 7.14. The number of nitrogens with zero attached hydrogens (tertiary/aromatic N) is 1. The molecule has 2 aromatic rings. The van der Waals surface area contributed by atoms with E-state index in [1.54, 1.807) is 24.3 Å². The highest BCUT2D eigenvalue weighted by atomic mass is 32.2. The quantitative estimate of drug-likeness (QED) is 0.462. The van der Waals surface area contributed by atoms with Crippen LogP contribution in [0.4, 0.5) is 0 Å². The Bertz CT molecular complexity index is 901. The van der Waals surface area contributed by atoms with Crippen LogP contribution in [-0.2, 0) is 26.0 Å². The number of aryl methyl sites for hydroxylation is 2. The Morgan fingerprint density at radius 1 is 0.966 bits per heavy atom. The Labute approximate surface area is 172 Å². The van der Waals surface area contributed by atoms with Crippen LogP contribution in [0.1, 0.15) is 30.4 Å². The lowest BCUT2D eigenvalue weighted by Crippen LogP contribution is -2.27. The van der Waals surface area contributed by atoms with Gasteiger partial charge in [0.15, 0.2) is 0 Å². The minimum Gasteiger partial charge on any atom is -0.490 e. The van der Waals surface area contributed by atoms with Gasteiger partial charge in [-0.25, -0.2) is 8.42 Å². The van der Waals surface area contributed by atoms with Gasteiger partial charge in [-0.1, -0.05) is 29.8 Å². The fraction of sp³-hybridized carbons (Fsp3) is 0.409. The summed E-state index contributed by atoms with van der Waals surface area (Å²) in [7, 11) is -3.40. The maximum atomic E-state index is 12.5. The highest BCUT2D eigenvalue weighted by Crippen LogP contribution is 2.21. The molecule has 0 saturated carbocycles. The zero-order valence-corrected chi connectivity index (χ0v) is 17.5. The van der Waals surface area contributed by atoms with Crippen molar-refractivity contribution in [3.05, 3.63) is 59.7 Å². The first-order valence-corrected chi connectivity index (χ1v) is 11.3. The van der Waals surface area contributed by atoms with E-state index in [0.29, 0.717) is 31.0 Å². The van der Waals surface area contributed by atoms with E-state index in [4.69, 9.17) is 9.47 Å². The van der Waals surface area contributed by atoms with Gasteiger partial charge in [-0.3, -0.25) is 4.79 Å². The summed E-state index contributed by atoms with van der Waals surface area (Å²) >= 11 is 0. The molecule has 0 spiro atoms. The number of carbonyl (C=O) groups is 1.